The van der Waals surface area contributed by atoms with Gasteiger partial charge in [0.25, 0.3) is 5.70 Å². The van der Waals surface area contributed by atoms with E-state index >= 15 is 0 Å². The van der Waals surface area contributed by atoms with Crippen LogP contribution in [0.25, 0.3) is 0 Å². The van der Waals surface area contributed by atoms with Gasteiger partial charge in [-0.1, -0.05) is 18.2 Å². The average molecular weight is 357 g/mol. The summed E-state index contributed by atoms with van der Waals surface area (Å²) in [6.45, 7) is 0. The zero-order chi connectivity index (χ0) is 18.8. The first kappa shape index (κ1) is 18.5. The van der Waals surface area contributed by atoms with Gasteiger partial charge in [-0.15, -0.1) is 0 Å². The number of nitrogens with one attached hydrogen (secondary N) is 3. The van der Waals surface area contributed by atoms with Crippen LogP contribution in [0.3, 0.4) is 0 Å². The highest BCUT2D eigenvalue weighted by Crippen LogP contribution is 2.37. The van der Waals surface area contributed by atoms with Crippen molar-refractivity contribution in [3.8, 4) is 0 Å². The van der Waals surface area contributed by atoms with Crippen LogP contribution in [0.15, 0.2) is 47.9 Å². The van der Waals surface area contributed by atoms with Gasteiger partial charge in [-0.2, -0.15) is 13.2 Å². The normalized spacial score (nSPS) is 18.5. The molecule has 0 aromatic heterocycles. The van der Waals surface area contributed by atoms with Gasteiger partial charge in [-0.3, -0.25) is 10.1 Å². The molecule has 10 heteroatoms. The smallest absolute Gasteiger partial charge is 0.321 e. The fourth-order valence-corrected chi connectivity index (χ4v) is 2.39. The summed E-state index contributed by atoms with van der Waals surface area (Å²) in [5.41, 5.74) is -2.14. The van der Waals surface area contributed by atoms with Crippen LogP contribution in [0.4, 0.5) is 18.0 Å². The van der Waals surface area contributed by atoms with E-state index in [1.807, 2.05) is 0 Å². The molecule has 1 aromatic carbocycles. The standard InChI is InChI=1S/C15H15F3N4O3/c1-21(2)8-7-11-13(22(24)25)12(20-14(23)19-11)9-5-3-4-6-10(9)15(16,17)18/h3-8,12H,1-2H3,(H2,19,20,23)/p+1/b8-7+/t12-/m1/s1. The van der Waals surface area contributed by atoms with E-state index in [1.54, 1.807) is 14.1 Å². The third-order valence-electron chi connectivity index (χ3n) is 3.43. The van der Waals surface area contributed by atoms with Gasteiger partial charge < -0.3 is 15.5 Å². The highest BCUT2D eigenvalue weighted by molar-refractivity contribution is 5.79. The summed E-state index contributed by atoms with van der Waals surface area (Å²) in [6.07, 6.45) is -1.88. The molecule has 1 aliphatic rings. The molecule has 0 saturated heterocycles. The Hall–Kier alpha value is -2.88. The largest absolute Gasteiger partial charge is 0.416 e. The average Bonchev–Trinajstić information content (AvgIpc) is 2.51. The fraction of sp³-hybridized carbons (Fsp3) is 0.267. The molecule has 3 N–H and O–H groups in total. The predicted octanol–water partition coefficient (Wildman–Crippen LogP) is 1.21. The van der Waals surface area contributed by atoms with Gasteiger partial charge in [0.15, 0.2) is 0 Å². The van der Waals surface area contributed by atoms with Gasteiger partial charge in [0.2, 0.25) is 0 Å². The number of carbonyl (C=O) groups excluding carboxylic acids is 1. The summed E-state index contributed by atoms with van der Waals surface area (Å²) in [5, 5.41) is 16.0. The molecule has 1 aromatic rings. The Balaban J connectivity index is 2.65. The number of carbonyl (C=O) groups is 1. The molecule has 2 amide bonds. The predicted molar refractivity (Wildman–Crippen MR) is 81.8 cm³/mol. The van der Waals surface area contributed by atoms with Crippen molar-refractivity contribution in [3.63, 3.8) is 0 Å². The minimum atomic E-state index is -4.71. The summed E-state index contributed by atoms with van der Waals surface area (Å²) in [7, 11) is 3.48. The summed E-state index contributed by atoms with van der Waals surface area (Å²) in [5.74, 6) is 0. The summed E-state index contributed by atoms with van der Waals surface area (Å²) < 4.78 is 39.7. The van der Waals surface area contributed by atoms with Crippen molar-refractivity contribution in [2.45, 2.75) is 12.2 Å². The molecule has 0 saturated carbocycles. The number of hydrogen-bond acceptors (Lipinski definition) is 3. The third-order valence-corrected chi connectivity index (χ3v) is 3.43. The molecule has 25 heavy (non-hydrogen) atoms. The molecule has 0 spiro atoms. The Morgan fingerprint density at radius 3 is 2.48 bits per heavy atom. The number of hydrogen-bond donors (Lipinski definition) is 3. The van der Waals surface area contributed by atoms with E-state index in [4.69, 9.17) is 0 Å². The monoisotopic (exact) mass is 357 g/mol. The number of quaternary nitrogens is 1. The zero-order valence-corrected chi connectivity index (χ0v) is 13.3. The maximum atomic E-state index is 13.2. The van der Waals surface area contributed by atoms with Gasteiger partial charge >= 0.3 is 12.2 Å². The molecule has 134 valence electrons. The number of nitrogens with zero attached hydrogens (tertiary/aromatic N) is 1. The van der Waals surface area contributed by atoms with Gasteiger partial charge in [0.1, 0.15) is 11.7 Å². The number of rotatable bonds is 4. The van der Waals surface area contributed by atoms with Crippen LogP contribution >= 0.6 is 0 Å². The Kier molecular flexibility index (Phi) is 5.12. The lowest BCUT2D eigenvalue weighted by molar-refractivity contribution is -0.801. The van der Waals surface area contributed by atoms with Crippen LogP contribution in [-0.4, -0.2) is 25.0 Å². The minimum Gasteiger partial charge on any atom is -0.321 e. The Labute approximate surface area is 141 Å². The molecular weight excluding hydrogens is 341 g/mol. The maximum Gasteiger partial charge on any atom is 0.416 e. The highest BCUT2D eigenvalue weighted by Gasteiger charge is 2.42. The molecule has 2 rings (SSSR count). The first-order chi connectivity index (χ1) is 11.6. The lowest BCUT2D eigenvalue weighted by Crippen LogP contribution is -3.00. The van der Waals surface area contributed by atoms with Crippen molar-refractivity contribution in [1.29, 1.82) is 0 Å². The van der Waals surface area contributed by atoms with E-state index in [1.165, 1.54) is 24.4 Å². The first-order valence-corrected chi connectivity index (χ1v) is 7.21. The summed E-state index contributed by atoms with van der Waals surface area (Å²) >= 11 is 0. The summed E-state index contributed by atoms with van der Waals surface area (Å²) in [6, 6.07) is 2.10. The van der Waals surface area contributed by atoms with Crippen LogP contribution in [0.5, 0.6) is 0 Å². The van der Waals surface area contributed by atoms with E-state index < -0.39 is 34.4 Å². The topological polar surface area (TPSA) is 88.7 Å². The van der Waals surface area contributed by atoms with Crippen molar-refractivity contribution in [2.24, 2.45) is 0 Å². The van der Waals surface area contributed by atoms with E-state index in [2.05, 4.69) is 10.6 Å². The second kappa shape index (κ2) is 6.93. The SMILES string of the molecule is C[NH+](C)/C=C/C1=C([N+](=O)[O-])[C@@H](c2ccccc2C(F)(F)F)NC(=O)N1. The lowest BCUT2D eigenvalue weighted by atomic mass is 9.95. The van der Waals surface area contributed by atoms with Crippen LogP contribution < -0.4 is 15.5 Å². The van der Waals surface area contributed by atoms with Crippen molar-refractivity contribution in [1.82, 2.24) is 10.6 Å². The number of nitro groups is 1. The first-order valence-electron chi connectivity index (χ1n) is 7.21. The van der Waals surface area contributed by atoms with Crippen LogP contribution in [-0.2, 0) is 6.18 Å². The molecule has 0 fully saturated rings. The minimum absolute atomic E-state index is 0.156. The zero-order valence-electron chi connectivity index (χ0n) is 13.3. The number of benzene rings is 1. The van der Waals surface area contributed by atoms with Gasteiger partial charge in [0, 0.05) is 6.08 Å². The highest BCUT2D eigenvalue weighted by atomic mass is 19.4. The molecule has 7 nitrogen and oxygen atoms in total. The number of allylic oxidation sites excluding steroid dienone is 1. The number of alkyl halides is 3. The van der Waals surface area contributed by atoms with Gasteiger partial charge in [-0.25, -0.2) is 4.79 Å². The fourth-order valence-electron chi connectivity index (χ4n) is 2.39. The quantitative estimate of drug-likeness (QED) is 0.559. The molecule has 1 atom stereocenters. The second-order valence-corrected chi connectivity index (χ2v) is 5.58. The number of amides is 2. The van der Waals surface area contributed by atoms with Crippen molar-refractivity contribution in [2.75, 3.05) is 14.1 Å². The Bertz CT molecular complexity index is 757. The number of halogens is 3. The van der Waals surface area contributed by atoms with Crippen molar-refractivity contribution in [3.05, 3.63) is 69.2 Å². The molecule has 0 aliphatic carbocycles. The second-order valence-electron chi connectivity index (χ2n) is 5.58. The van der Waals surface area contributed by atoms with Crippen LogP contribution in [0, 0.1) is 10.1 Å². The molecule has 0 bridgehead atoms. The molecule has 1 heterocycles. The summed E-state index contributed by atoms with van der Waals surface area (Å²) in [4.78, 5) is 23.3. The third kappa shape index (κ3) is 4.15. The van der Waals surface area contributed by atoms with E-state index in [9.17, 15) is 28.1 Å². The van der Waals surface area contributed by atoms with Crippen molar-refractivity contribution < 1.29 is 27.8 Å². The lowest BCUT2D eigenvalue weighted by Gasteiger charge is -2.25. The Morgan fingerprint density at radius 2 is 1.92 bits per heavy atom. The van der Waals surface area contributed by atoms with Crippen molar-refractivity contribution >= 4 is 6.03 Å². The molecule has 0 radical (unpaired) electrons. The van der Waals surface area contributed by atoms with Crippen LogP contribution in [0.2, 0.25) is 0 Å². The molecular formula is C15H16F3N4O3+. The van der Waals surface area contributed by atoms with E-state index in [-0.39, 0.29) is 11.3 Å². The molecule has 1 aliphatic heterocycles. The maximum absolute atomic E-state index is 13.2. The number of urea groups is 1. The Morgan fingerprint density at radius 1 is 1.28 bits per heavy atom. The van der Waals surface area contributed by atoms with Gasteiger partial charge in [0.05, 0.1) is 30.8 Å². The van der Waals surface area contributed by atoms with E-state index in [0.717, 1.165) is 17.0 Å². The molecule has 0 unspecified atom stereocenters. The van der Waals surface area contributed by atoms with E-state index in [0.29, 0.717) is 0 Å². The van der Waals surface area contributed by atoms with Crippen LogP contribution in [0.1, 0.15) is 17.2 Å². The van der Waals surface area contributed by atoms with Gasteiger partial charge in [-0.05, 0) is 11.6 Å².